The predicted octanol–water partition coefficient (Wildman–Crippen LogP) is 6.96. The first-order valence-electron chi connectivity index (χ1n) is 14.0. The molecule has 8 heteroatoms. The molecule has 1 aliphatic rings. The molecule has 0 radical (unpaired) electrons. The molecule has 0 fully saturated rings. The first kappa shape index (κ1) is 26.7. The second-order valence-corrected chi connectivity index (χ2v) is 14.7. The molecule has 0 saturated heterocycles. The molecule has 0 amide bonds. The van der Waals surface area contributed by atoms with E-state index in [-0.39, 0.29) is 15.7 Å². The third-order valence-corrected chi connectivity index (χ3v) is 12.0. The van der Waals surface area contributed by atoms with Crippen molar-refractivity contribution in [2.75, 3.05) is 0 Å². The highest BCUT2D eigenvalue weighted by atomic mass is 32.2. The van der Waals surface area contributed by atoms with E-state index in [1.807, 2.05) is 92.7 Å². The van der Waals surface area contributed by atoms with Gasteiger partial charge in [-0.15, -0.1) is 0 Å². The lowest BCUT2D eigenvalue weighted by molar-refractivity contribution is 0.545. The van der Waals surface area contributed by atoms with Crippen LogP contribution in [-0.4, -0.2) is 24.8 Å². The lowest BCUT2D eigenvalue weighted by Gasteiger charge is -2.25. The van der Waals surface area contributed by atoms with Gasteiger partial charge in [0.05, 0.1) is 20.8 Å². The fourth-order valence-corrected chi connectivity index (χ4v) is 9.53. The summed E-state index contributed by atoms with van der Waals surface area (Å²) in [5.41, 5.74) is 5.73. The minimum absolute atomic E-state index is 0.119. The number of benzene rings is 4. The monoisotopic (exact) mass is 594 g/mol. The first-order chi connectivity index (χ1) is 20.2. The number of hydrogen-bond acceptors (Lipinski definition) is 4. The van der Waals surface area contributed by atoms with Crippen LogP contribution in [0.25, 0.3) is 21.8 Å². The molecular weight excluding hydrogens is 565 g/mol. The molecule has 2 heterocycles. The largest absolute Gasteiger partial charge is 0.268 e. The van der Waals surface area contributed by atoms with E-state index in [0.29, 0.717) is 30.3 Å². The molecule has 7 rings (SSSR count). The zero-order chi connectivity index (χ0) is 29.2. The van der Waals surface area contributed by atoms with Crippen molar-refractivity contribution in [2.45, 2.75) is 48.8 Å². The summed E-state index contributed by atoms with van der Waals surface area (Å²) in [6, 6.07) is 31.0. The van der Waals surface area contributed by atoms with Gasteiger partial charge in [-0.1, -0.05) is 71.8 Å². The second kappa shape index (κ2) is 9.71. The Morgan fingerprint density at radius 1 is 0.643 bits per heavy atom. The zero-order valence-electron chi connectivity index (χ0n) is 23.4. The van der Waals surface area contributed by atoms with Crippen molar-refractivity contribution in [3.8, 4) is 0 Å². The van der Waals surface area contributed by atoms with Gasteiger partial charge in [-0.3, -0.25) is 0 Å². The van der Waals surface area contributed by atoms with Crippen LogP contribution in [0.3, 0.4) is 0 Å². The summed E-state index contributed by atoms with van der Waals surface area (Å²) >= 11 is 0. The smallest absolute Gasteiger partial charge is 0.238 e. The van der Waals surface area contributed by atoms with E-state index in [1.54, 1.807) is 24.3 Å². The Balaban J connectivity index is 1.39. The number of fused-ring (bicyclic) bond motifs is 4. The van der Waals surface area contributed by atoms with Gasteiger partial charge in [-0.25, -0.2) is 24.8 Å². The van der Waals surface area contributed by atoms with Crippen molar-refractivity contribution in [3.05, 3.63) is 131 Å². The number of hydrogen-bond donors (Lipinski definition) is 0. The van der Waals surface area contributed by atoms with Gasteiger partial charge in [0, 0.05) is 28.1 Å². The van der Waals surface area contributed by atoms with E-state index < -0.39 is 20.0 Å². The van der Waals surface area contributed by atoms with Crippen molar-refractivity contribution in [1.29, 1.82) is 0 Å². The van der Waals surface area contributed by atoms with Gasteiger partial charge in [-0.05, 0) is 81.1 Å². The average molecular weight is 595 g/mol. The molecule has 2 aromatic heterocycles. The van der Waals surface area contributed by atoms with Crippen molar-refractivity contribution in [2.24, 2.45) is 0 Å². The van der Waals surface area contributed by atoms with Crippen LogP contribution >= 0.6 is 0 Å². The second-order valence-electron chi connectivity index (χ2n) is 11.2. The Morgan fingerprint density at radius 2 is 1.19 bits per heavy atom. The van der Waals surface area contributed by atoms with Crippen molar-refractivity contribution < 1.29 is 16.8 Å². The summed E-state index contributed by atoms with van der Waals surface area (Å²) in [5, 5.41) is 1.75. The number of rotatable bonds is 5. The maximum Gasteiger partial charge on any atom is 0.268 e. The van der Waals surface area contributed by atoms with Crippen LogP contribution in [0.5, 0.6) is 0 Å². The van der Waals surface area contributed by atoms with Crippen molar-refractivity contribution in [3.63, 3.8) is 0 Å². The van der Waals surface area contributed by atoms with Crippen LogP contribution in [0, 0.1) is 13.8 Å². The molecule has 0 spiro atoms. The Bertz CT molecular complexity index is 2210. The molecule has 0 N–H and O–H groups in total. The van der Waals surface area contributed by atoms with Gasteiger partial charge < -0.3 is 0 Å². The van der Waals surface area contributed by atoms with Crippen LogP contribution in [0.4, 0.5) is 0 Å². The van der Waals surface area contributed by atoms with Crippen molar-refractivity contribution in [1.82, 2.24) is 7.94 Å². The van der Waals surface area contributed by atoms with Gasteiger partial charge >= 0.3 is 0 Å². The molecule has 1 aliphatic carbocycles. The highest BCUT2D eigenvalue weighted by Crippen LogP contribution is 2.42. The normalized spacial score (nSPS) is 15.7. The Labute approximate surface area is 246 Å². The van der Waals surface area contributed by atoms with Gasteiger partial charge in [0.15, 0.2) is 0 Å². The van der Waals surface area contributed by atoms with E-state index in [4.69, 9.17) is 0 Å². The van der Waals surface area contributed by atoms with E-state index in [2.05, 4.69) is 0 Å². The van der Waals surface area contributed by atoms with Gasteiger partial charge in [-0.2, -0.15) is 0 Å². The average Bonchev–Trinajstić information content (AvgIpc) is 3.54. The van der Waals surface area contributed by atoms with Crippen LogP contribution in [0.2, 0.25) is 0 Å². The molecule has 0 saturated carbocycles. The number of para-hydroxylation sites is 2. The van der Waals surface area contributed by atoms with E-state index >= 15 is 0 Å². The fraction of sp³-hybridized carbons (Fsp3) is 0.176. The van der Waals surface area contributed by atoms with Crippen LogP contribution in [0.15, 0.2) is 113 Å². The first-order valence-corrected chi connectivity index (χ1v) is 16.9. The van der Waals surface area contributed by atoms with Crippen LogP contribution in [0.1, 0.15) is 40.4 Å². The van der Waals surface area contributed by atoms with Crippen molar-refractivity contribution >= 4 is 41.9 Å². The molecule has 1 unspecified atom stereocenters. The quantitative estimate of drug-likeness (QED) is 0.216. The van der Waals surface area contributed by atoms with Crippen LogP contribution in [-0.2, 0) is 32.9 Å². The number of aryl methyl sites for hydroxylation is 2. The third kappa shape index (κ3) is 4.12. The van der Waals surface area contributed by atoms with Gasteiger partial charge in [0.2, 0.25) is 0 Å². The SMILES string of the molecule is Cc1ccc(S(=O)(=O)n2c(C3CCc4c(c5ccccc5n4S(=O)(=O)c4ccc(C)cc4)C3)cc3ccccc32)cc1. The molecule has 6 nitrogen and oxygen atoms in total. The van der Waals surface area contributed by atoms with Gasteiger partial charge in [0.1, 0.15) is 0 Å². The standard InChI is InChI=1S/C34H30N2O4S2/c1-23-11-16-27(17-12-23)41(37,38)35-31-9-5-3-7-25(31)22-34(35)26-15-20-33-30(21-26)29-8-4-6-10-32(29)36(33)42(39,40)28-18-13-24(2)14-19-28/h3-14,16-19,22,26H,15,20-21H2,1-2H3. The minimum Gasteiger partial charge on any atom is -0.238 e. The number of aromatic nitrogens is 2. The van der Waals surface area contributed by atoms with Crippen LogP contribution < -0.4 is 0 Å². The predicted molar refractivity (Wildman–Crippen MR) is 166 cm³/mol. The summed E-state index contributed by atoms with van der Waals surface area (Å²) in [6.07, 6.45) is 1.66. The lowest BCUT2D eigenvalue weighted by atomic mass is 9.84. The topological polar surface area (TPSA) is 78.1 Å². The maximum absolute atomic E-state index is 14.1. The summed E-state index contributed by atoms with van der Waals surface area (Å²) in [5.74, 6) is -0.119. The molecular formula is C34H30N2O4S2. The molecule has 212 valence electrons. The summed E-state index contributed by atoms with van der Waals surface area (Å²) in [6.45, 7) is 3.86. The van der Waals surface area contributed by atoms with E-state index in [0.717, 1.165) is 38.9 Å². The summed E-state index contributed by atoms with van der Waals surface area (Å²) < 4.78 is 59.3. The maximum atomic E-state index is 14.1. The van der Waals surface area contributed by atoms with E-state index in [1.165, 1.54) is 7.94 Å². The Kier molecular flexibility index (Phi) is 6.18. The third-order valence-electron chi connectivity index (χ3n) is 8.45. The highest BCUT2D eigenvalue weighted by molar-refractivity contribution is 7.90. The minimum atomic E-state index is -3.88. The Hall–Kier alpha value is -4.14. The zero-order valence-corrected chi connectivity index (χ0v) is 25.0. The van der Waals surface area contributed by atoms with Gasteiger partial charge in [0.25, 0.3) is 20.0 Å². The Morgan fingerprint density at radius 3 is 1.83 bits per heavy atom. The molecule has 6 aromatic rings. The number of nitrogens with zero attached hydrogens (tertiary/aromatic N) is 2. The molecule has 42 heavy (non-hydrogen) atoms. The van der Waals surface area contributed by atoms with E-state index in [9.17, 15) is 16.8 Å². The fourth-order valence-electron chi connectivity index (χ4n) is 6.33. The molecule has 0 bridgehead atoms. The molecule has 0 aliphatic heterocycles. The summed E-state index contributed by atoms with van der Waals surface area (Å²) in [7, 11) is -7.72. The highest BCUT2D eigenvalue weighted by Gasteiger charge is 2.34. The molecule has 1 atom stereocenters. The lowest BCUT2D eigenvalue weighted by Crippen LogP contribution is -2.23. The molecule has 4 aromatic carbocycles. The summed E-state index contributed by atoms with van der Waals surface area (Å²) in [4.78, 5) is 0.496.